The third-order valence-electron chi connectivity index (χ3n) is 5.40. The van der Waals surface area contributed by atoms with E-state index in [0.717, 1.165) is 0 Å². The monoisotopic (exact) mass is 314 g/mol. The van der Waals surface area contributed by atoms with E-state index in [1.165, 1.54) is 33.4 Å². The van der Waals surface area contributed by atoms with Gasteiger partial charge in [-0.25, -0.2) is 0 Å². The maximum Gasteiger partial charge on any atom is 0.00637 e. The molecular weight excluding hydrogens is 288 g/mol. The summed E-state index contributed by atoms with van der Waals surface area (Å²) in [5.74, 6) is 0.844. The number of rotatable bonds is 4. The minimum atomic E-state index is 0.422. The molecule has 0 aliphatic heterocycles. The molecule has 0 amide bonds. The van der Waals surface area contributed by atoms with E-state index in [1.807, 2.05) is 0 Å². The average molecular weight is 314 g/mol. The molecule has 3 rings (SSSR count). The van der Waals surface area contributed by atoms with Crippen LogP contribution in [0.25, 0.3) is 0 Å². The van der Waals surface area contributed by atoms with Crippen LogP contribution in [0, 0.1) is 13.8 Å². The average Bonchev–Trinajstić information content (AvgIpc) is 2.64. The maximum atomic E-state index is 2.33. The second kappa shape index (κ2) is 7.05. The lowest BCUT2D eigenvalue weighted by atomic mass is 9.83. The smallest absolute Gasteiger partial charge is 0.00637 e. The molecule has 0 radical (unpaired) electrons. The van der Waals surface area contributed by atoms with Gasteiger partial charge in [0, 0.05) is 11.8 Å². The first-order chi connectivity index (χ1) is 11.6. The molecule has 3 aromatic rings. The first-order valence-electron chi connectivity index (χ1n) is 8.79. The molecule has 0 aliphatic rings. The van der Waals surface area contributed by atoms with E-state index in [2.05, 4.69) is 100 Å². The summed E-state index contributed by atoms with van der Waals surface area (Å²) in [6, 6.07) is 26.2. The molecule has 122 valence electrons. The largest absolute Gasteiger partial charge is 0.0622 e. The SMILES string of the molecule is Cc1c(C(C)c2ccccc2)ccc(C(C)c2ccccc2)c1C. The van der Waals surface area contributed by atoms with Gasteiger partial charge in [-0.2, -0.15) is 0 Å². The lowest BCUT2D eigenvalue weighted by Crippen LogP contribution is -2.05. The van der Waals surface area contributed by atoms with Gasteiger partial charge < -0.3 is 0 Å². The van der Waals surface area contributed by atoms with Gasteiger partial charge in [-0.1, -0.05) is 86.6 Å². The van der Waals surface area contributed by atoms with Crippen LogP contribution in [0.4, 0.5) is 0 Å². The van der Waals surface area contributed by atoms with Crippen LogP contribution in [-0.2, 0) is 0 Å². The van der Waals surface area contributed by atoms with Crippen molar-refractivity contribution in [3.8, 4) is 0 Å². The van der Waals surface area contributed by atoms with Crippen LogP contribution >= 0.6 is 0 Å². The van der Waals surface area contributed by atoms with E-state index in [0.29, 0.717) is 11.8 Å². The molecular formula is C24H26. The molecule has 0 saturated heterocycles. The van der Waals surface area contributed by atoms with E-state index in [9.17, 15) is 0 Å². The maximum absolute atomic E-state index is 2.33. The predicted molar refractivity (Wildman–Crippen MR) is 104 cm³/mol. The lowest BCUT2D eigenvalue weighted by molar-refractivity contribution is 0.875. The molecule has 0 saturated carbocycles. The topological polar surface area (TPSA) is 0 Å². The Labute approximate surface area is 146 Å². The van der Waals surface area contributed by atoms with Crippen LogP contribution in [0.2, 0.25) is 0 Å². The van der Waals surface area contributed by atoms with Crippen LogP contribution in [0.3, 0.4) is 0 Å². The Bertz CT molecular complexity index is 730. The molecule has 0 heteroatoms. The van der Waals surface area contributed by atoms with E-state index in [4.69, 9.17) is 0 Å². The van der Waals surface area contributed by atoms with Crippen LogP contribution < -0.4 is 0 Å². The summed E-state index contributed by atoms with van der Waals surface area (Å²) in [4.78, 5) is 0. The summed E-state index contributed by atoms with van der Waals surface area (Å²) in [5.41, 5.74) is 8.47. The normalized spacial score (nSPS) is 13.5. The first kappa shape index (κ1) is 16.5. The second-order valence-electron chi connectivity index (χ2n) is 6.76. The van der Waals surface area contributed by atoms with Crippen molar-refractivity contribution in [2.45, 2.75) is 39.5 Å². The van der Waals surface area contributed by atoms with Crippen molar-refractivity contribution in [3.05, 3.63) is 106 Å². The van der Waals surface area contributed by atoms with Gasteiger partial charge in [-0.15, -0.1) is 0 Å². The molecule has 24 heavy (non-hydrogen) atoms. The molecule has 0 heterocycles. The summed E-state index contributed by atoms with van der Waals surface area (Å²) < 4.78 is 0. The van der Waals surface area contributed by atoms with Crippen LogP contribution in [0.1, 0.15) is 59.1 Å². The Morgan fingerprint density at radius 2 is 0.833 bits per heavy atom. The van der Waals surface area contributed by atoms with Gasteiger partial charge in [-0.05, 0) is 47.2 Å². The van der Waals surface area contributed by atoms with E-state index < -0.39 is 0 Å². The van der Waals surface area contributed by atoms with Crippen molar-refractivity contribution in [1.29, 1.82) is 0 Å². The molecule has 0 N–H and O–H groups in total. The first-order valence-corrected chi connectivity index (χ1v) is 8.79. The van der Waals surface area contributed by atoms with Crippen LogP contribution in [-0.4, -0.2) is 0 Å². The lowest BCUT2D eigenvalue weighted by Gasteiger charge is -2.22. The van der Waals surface area contributed by atoms with E-state index in [1.54, 1.807) is 0 Å². The Kier molecular flexibility index (Phi) is 4.85. The fraction of sp³-hybridized carbons (Fsp3) is 0.250. The van der Waals surface area contributed by atoms with Crippen molar-refractivity contribution in [2.75, 3.05) is 0 Å². The Morgan fingerprint density at radius 1 is 0.500 bits per heavy atom. The fourth-order valence-electron chi connectivity index (χ4n) is 3.64. The number of hydrogen-bond acceptors (Lipinski definition) is 0. The highest BCUT2D eigenvalue weighted by atomic mass is 14.2. The van der Waals surface area contributed by atoms with E-state index in [-0.39, 0.29) is 0 Å². The van der Waals surface area contributed by atoms with E-state index >= 15 is 0 Å². The molecule has 2 atom stereocenters. The minimum Gasteiger partial charge on any atom is -0.0622 e. The molecule has 0 bridgehead atoms. The van der Waals surface area contributed by atoms with Crippen molar-refractivity contribution >= 4 is 0 Å². The zero-order valence-corrected chi connectivity index (χ0v) is 15.1. The Hall–Kier alpha value is -2.34. The van der Waals surface area contributed by atoms with Gasteiger partial charge in [0.25, 0.3) is 0 Å². The summed E-state index contributed by atoms with van der Waals surface area (Å²) >= 11 is 0. The minimum absolute atomic E-state index is 0.422. The van der Waals surface area contributed by atoms with Gasteiger partial charge in [0.2, 0.25) is 0 Å². The third kappa shape index (κ3) is 3.14. The molecule has 2 unspecified atom stereocenters. The van der Waals surface area contributed by atoms with Gasteiger partial charge in [0.1, 0.15) is 0 Å². The molecule has 0 fully saturated rings. The highest BCUT2D eigenvalue weighted by Gasteiger charge is 2.17. The third-order valence-corrected chi connectivity index (χ3v) is 5.40. The Balaban J connectivity index is 1.98. The number of benzene rings is 3. The Morgan fingerprint density at radius 3 is 1.17 bits per heavy atom. The van der Waals surface area contributed by atoms with Crippen LogP contribution in [0.5, 0.6) is 0 Å². The van der Waals surface area contributed by atoms with Gasteiger partial charge >= 0.3 is 0 Å². The van der Waals surface area contributed by atoms with Crippen molar-refractivity contribution in [2.24, 2.45) is 0 Å². The van der Waals surface area contributed by atoms with Crippen molar-refractivity contribution in [3.63, 3.8) is 0 Å². The standard InChI is InChI=1S/C24H26/c1-17-18(2)24(20(4)22-13-9-6-10-14-22)16-15-23(17)19(3)21-11-7-5-8-12-21/h5-16,19-20H,1-4H3. The molecule has 0 spiro atoms. The summed E-state index contributed by atoms with van der Waals surface area (Å²) in [6.07, 6.45) is 0. The highest BCUT2D eigenvalue weighted by Crippen LogP contribution is 2.34. The zero-order chi connectivity index (χ0) is 17.1. The highest BCUT2D eigenvalue weighted by molar-refractivity contribution is 5.47. The molecule has 0 nitrogen and oxygen atoms in total. The van der Waals surface area contributed by atoms with Gasteiger partial charge in [0.05, 0.1) is 0 Å². The van der Waals surface area contributed by atoms with Crippen molar-refractivity contribution in [1.82, 2.24) is 0 Å². The number of hydrogen-bond donors (Lipinski definition) is 0. The second-order valence-corrected chi connectivity index (χ2v) is 6.76. The zero-order valence-electron chi connectivity index (χ0n) is 15.1. The fourth-order valence-corrected chi connectivity index (χ4v) is 3.64. The quantitative estimate of drug-likeness (QED) is 0.508. The molecule has 0 aliphatic carbocycles. The summed E-state index contributed by atoms with van der Waals surface area (Å²) in [5, 5.41) is 0. The van der Waals surface area contributed by atoms with Gasteiger partial charge in [0.15, 0.2) is 0 Å². The summed E-state index contributed by atoms with van der Waals surface area (Å²) in [6.45, 7) is 9.14. The molecule has 0 aromatic heterocycles. The van der Waals surface area contributed by atoms with Crippen molar-refractivity contribution < 1.29 is 0 Å². The van der Waals surface area contributed by atoms with Gasteiger partial charge in [-0.3, -0.25) is 0 Å². The van der Waals surface area contributed by atoms with Crippen LogP contribution in [0.15, 0.2) is 72.8 Å². The summed E-state index contributed by atoms with van der Waals surface area (Å²) in [7, 11) is 0. The molecule has 3 aromatic carbocycles. The predicted octanol–water partition coefficient (Wildman–Crippen LogP) is 6.61.